The predicted octanol–water partition coefficient (Wildman–Crippen LogP) is 2.73. The first-order chi connectivity index (χ1) is 4.68. The van der Waals surface area contributed by atoms with E-state index < -0.39 is 7.37 Å². The van der Waals surface area contributed by atoms with E-state index in [1.807, 2.05) is 20.8 Å². The highest BCUT2D eigenvalue weighted by Gasteiger charge is 2.15. The molecule has 0 saturated carbocycles. The Morgan fingerprint density at radius 2 is 1.70 bits per heavy atom. The van der Waals surface area contributed by atoms with Crippen LogP contribution in [-0.2, 0) is 9.09 Å². The van der Waals surface area contributed by atoms with Crippen molar-refractivity contribution in [2.45, 2.75) is 27.2 Å². The van der Waals surface area contributed by atoms with E-state index in [1.54, 1.807) is 0 Å². The zero-order chi connectivity index (χ0) is 8.04. The summed E-state index contributed by atoms with van der Waals surface area (Å²) in [5, 5.41) is 0. The van der Waals surface area contributed by atoms with E-state index in [4.69, 9.17) is 4.52 Å². The summed E-state index contributed by atoms with van der Waals surface area (Å²) in [5.74, 6) is 0. The topological polar surface area (TPSA) is 26.3 Å². The van der Waals surface area contributed by atoms with Crippen LogP contribution < -0.4 is 0 Å². The first-order valence-corrected chi connectivity index (χ1v) is 5.90. The Bertz CT molecular complexity index is 115. The van der Waals surface area contributed by atoms with Crippen LogP contribution in [0.15, 0.2) is 0 Å². The first-order valence-electron chi connectivity index (χ1n) is 3.91. The summed E-state index contributed by atoms with van der Waals surface area (Å²) in [6, 6.07) is 0. The third-order valence-electron chi connectivity index (χ3n) is 1.49. The molecule has 0 unspecified atom stereocenters. The minimum Gasteiger partial charge on any atom is -0.328 e. The Morgan fingerprint density at radius 3 is 2.00 bits per heavy atom. The van der Waals surface area contributed by atoms with Crippen LogP contribution >= 0.6 is 7.37 Å². The van der Waals surface area contributed by atoms with Crippen molar-refractivity contribution in [1.29, 1.82) is 0 Å². The van der Waals surface area contributed by atoms with Gasteiger partial charge in [0.05, 0.1) is 6.61 Å². The Kier molecular flexibility index (Phi) is 5.02. The van der Waals surface area contributed by atoms with E-state index in [9.17, 15) is 4.57 Å². The molecule has 10 heavy (non-hydrogen) atoms. The van der Waals surface area contributed by atoms with Gasteiger partial charge in [0.2, 0.25) is 7.37 Å². The van der Waals surface area contributed by atoms with Gasteiger partial charge in [0.25, 0.3) is 0 Å². The molecule has 0 heterocycles. The maximum absolute atomic E-state index is 11.5. The smallest absolute Gasteiger partial charge is 0.202 e. The molecule has 62 valence electrons. The lowest BCUT2D eigenvalue weighted by molar-refractivity contribution is 0.314. The molecule has 0 amide bonds. The molecule has 0 aromatic carbocycles. The average molecular weight is 164 g/mol. The Labute approximate surface area is 63.4 Å². The van der Waals surface area contributed by atoms with Crippen LogP contribution in [0.4, 0.5) is 0 Å². The van der Waals surface area contributed by atoms with Gasteiger partial charge in [-0.2, -0.15) is 0 Å². The lowest BCUT2D eigenvalue weighted by atomic mass is 10.5. The molecular formula is C7H17O2P. The molecule has 0 fully saturated rings. The SMILES string of the molecule is CCCOP(=O)(CC)CC. The Morgan fingerprint density at radius 1 is 1.20 bits per heavy atom. The average Bonchev–Trinajstić information content (AvgIpc) is 2.00. The molecule has 0 spiro atoms. The highest BCUT2D eigenvalue weighted by atomic mass is 31.2. The van der Waals surface area contributed by atoms with Crippen LogP contribution in [0.3, 0.4) is 0 Å². The summed E-state index contributed by atoms with van der Waals surface area (Å²) in [6.07, 6.45) is 2.29. The molecule has 0 bridgehead atoms. The van der Waals surface area contributed by atoms with Gasteiger partial charge in [-0.15, -0.1) is 0 Å². The van der Waals surface area contributed by atoms with Crippen molar-refractivity contribution in [3.63, 3.8) is 0 Å². The van der Waals surface area contributed by atoms with Crippen molar-refractivity contribution >= 4 is 7.37 Å². The first kappa shape index (κ1) is 10.2. The number of hydrogen-bond donors (Lipinski definition) is 0. The molecule has 0 rings (SSSR count). The molecule has 0 N–H and O–H groups in total. The highest BCUT2D eigenvalue weighted by Crippen LogP contribution is 2.45. The fourth-order valence-corrected chi connectivity index (χ4v) is 1.99. The number of rotatable bonds is 5. The van der Waals surface area contributed by atoms with E-state index >= 15 is 0 Å². The van der Waals surface area contributed by atoms with Crippen molar-refractivity contribution in [2.75, 3.05) is 18.9 Å². The Hall–Kier alpha value is 0.190. The van der Waals surface area contributed by atoms with Crippen molar-refractivity contribution < 1.29 is 9.09 Å². The maximum atomic E-state index is 11.5. The molecule has 0 radical (unpaired) electrons. The van der Waals surface area contributed by atoms with Gasteiger partial charge in [-0.25, -0.2) is 0 Å². The van der Waals surface area contributed by atoms with Crippen molar-refractivity contribution in [3.05, 3.63) is 0 Å². The zero-order valence-corrected chi connectivity index (χ0v) is 7.99. The zero-order valence-electron chi connectivity index (χ0n) is 7.09. The van der Waals surface area contributed by atoms with Gasteiger partial charge in [0.1, 0.15) is 0 Å². The fourth-order valence-electron chi connectivity index (χ4n) is 0.664. The van der Waals surface area contributed by atoms with Gasteiger partial charge < -0.3 is 4.52 Å². The van der Waals surface area contributed by atoms with Crippen LogP contribution in [0.25, 0.3) is 0 Å². The van der Waals surface area contributed by atoms with Crippen LogP contribution in [0.5, 0.6) is 0 Å². The molecule has 0 aromatic heterocycles. The maximum Gasteiger partial charge on any atom is 0.202 e. The molecule has 0 atom stereocenters. The molecule has 0 aliphatic carbocycles. The van der Waals surface area contributed by atoms with Crippen LogP contribution in [0, 0.1) is 0 Å². The lowest BCUT2D eigenvalue weighted by Crippen LogP contribution is -1.96. The van der Waals surface area contributed by atoms with Gasteiger partial charge in [-0.05, 0) is 6.42 Å². The molecular weight excluding hydrogens is 147 g/mol. The summed E-state index contributed by atoms with van der Waals surface area (Å²) in [4.78, 5) is 0. The van der Waals surface area contributed by atoms with Crippen molar-refractivity contribution in [1.82, 2.24) is 0 Å². The Balaban J connectivity index is 3.70. The highest BCUT2D eigenvalue weighted by molar-refractivity contribution is 7.58. The summed E-state index contributed by atoms with van der Waals surface area (Å²) < 4.78 is 16.7. The molecule has 3 heteroatoms. The monoisotopic (exact) mass is 164 g/mol. The fraction of sp³-hybridized carbons (Fsp3) is 1.00. The van der Waals surface area contributed by atoms with Gasteiger partial charge in [-0.1, -0.05) is 20.8 Å². The molecule has 0 aliphatic rings. The van der Waals surface area contributed by atoms with Gasteiger partial charge in [-0.3, -0.25) is 4.57 Å². The van der Waals surface area contributed by atoms with Gasteiger partial charge >= 0.3 is 0 Å². The second-order valence-corrected chi connectivity index (χ2v) is 5.43. The largest absolute Gasteiger partial charge is 0.328 e. The molecule has 0 aromatic rings. The standard InChI is InChI=1S/C7H17O2P/c1-4-7-9-10(8,5-2)6-3/h4-7H2,1-3H3. The predicted molar refractivity (Wildman–Crippen MR) is 44.9 cm³/mol. The van der Waals surface area contributed by atoms with Crippen LogP contribution in [-0.4, -0.2) is 18.9 Å². The summed E-state index contributed by atoms with van der Waals surface area (Å²) in [7, 11) is -2.20. The normalized spacial score (nSPS) is 11.9. The quantitative estimate of drug-likeness (QED) is 0.584. The lowest BCUT2D eigenvalue weighted by Gasteiger charge is -2.13. The van der Waals surface area contributed by atoms with E-state index in [-0.39, 0.29) is 0 Å². The summed E-state index contributed by atoms with van der Waals surface area (Å²) in [6.45, 7) is 6.49. The van der Waals surface area contributed by atoms with Gasteiger partial charge in [0, 0.05) is 12.3 Å². The van der Waals surface area contributed by atoms with E-state index in [1.165, 1.54) is 0 Å². The van der Waals surface area contributed by atoms with Crippen LogP contribution in [0.1, 0.15) is 27.2 Å². The van der Waals surface area contributed by atoms with Gasteiger partial charge in [0.15, 0.2) is 0 Å². The second-order valence-electron chi connectivity index (χ2n) is 2.28. The minimum absolute atomic E-state index is 0.638. The van der Waals surface area contributed by atoms with E-state index in [0.717, 1.165) is 6.42 Å². The summed E-state index contributed by atoms with van der Waals surface area (Å²) >= 11 is 0. The van der Waals surface area contributed by atoms with E-state index in [2.05, 4.69) is 0 Å². The summed E-state index contributed by atoms with van der Waals surface area (Å²) in [5.41, 5.74) is 0. The third-order valence-corrected chi connectivity index (χ3v) is 4.07. The minimum atomic E-state index is -2.20. The van der Waals surface area contributed by atoms with Crippen molar-refractivity contribution in [2.24, 2.45) is 0 Å². The van der Waals surface area contributed by atoms with Crippen LogP contribution in [0.2, 0.25) is 0 Å². The van der Waals surface area contributed by atoms with E-state index in [0.29, 0.717) is 18.9 Å². The third kappa shape index (κ3) is 3.38. The van der Waals surface area contributed by atoms with Crippen molar-refractivity contribution in [3.8, 4) is 0 Å². The number of hydrogen-bond acceptors (Lipinski definition) is 2. The molecule has 2 nitrogen and oxygen atoms in total. The second kappa shape index (κ2) is 4.92. The molecule has 0 saturated heterocycles. The molecule has 0 aliphatic heterocycles.